The molecule has 1 aromatic carbocycles. The van der Waals surface area contributed by atoms with Gasteiger partial charge in [-0.1, -0.05) is 12.1 Å². The van der Waals surface area contributed by atoms with Gasteiger partial charge in [-0.2, -0.15) is 0 Å². The van der Waals surface area contributed by atoms with Crippen LogP contribution in [0.5, 0.6) is 0 Å². The number of hydrogen-bond acceptors (Lipinski definition) is 4. The lowest BCUT2D eigenvalue weighted by Crippen LogP contribution is -2.33. The number of rotatable bonds is 2. The van der Waals surface area contributed by atoms with E-state index in [0.717, 1.165) is 24.3 Å². The summed E-state index contributed by atoms with van der Waals surface area (Å²) in [5.74, 6) is 0.214. The summed E-state index contributed by atoms with van der Waals surface area (Å²) in [4.78, 5) is 18.2. The fourth-order valence-corrected chi connectivity index (χ4v) is 2.80. The predicted molar refractivity (Wildman–Crippen MR) is 83.1 cm³/mol. The van der Waals surface area contributed by atoms with E-state index < -0.39 is 5.91 Å². The first kappa shape index (κ1) is 13.4. The summed E-state index contributed by atoms with van der Waals surface area (Å²) in [6.07, 6.45) is 0.843. The highest BCUT2D eigenvalue weighted by Crippen LogP contribution is 2.28. The van der Waals surface area contributed by atoms with Crippen LogP contribution in [0.4, 0.5) is 11.5 Å². The van der Waals surface area contributed by atoms with Crippen LogP contribution in [0.15, 0.2) is 30.3 Å². The van der Waals surface area contributed by atoms with Crippen molar-refractivity contribution in [3.05, 3.63) is 52.7 Å². The van der Waals surface area contributed by atoms with Crippen LogP contribution in [-0.4, -0.2) is 17.4 Å². The molecular formula is C16H18N4O. The van der Waals surface area contributed by atoms with E-state index in [9.17, 15) is 4.79 Å². The molecule has 21 heavy (non-hydrogen) atoms. The summed E-state index contributed by atoms with van der Waals surface area (Å²) < 4.78 is 0. The van der Waals surface area contributed by atoms with Crippen molar-refractivity contribution in [2.45, 2.75) is 19.9 Å². The molecule has 0 atom stereocenters. The average molecular weight is 282 g/mol. The van der Waals surface area contributed by atoms with Gasteiger partial charge >= 0.3 is 0 Å². The average Bonchev–Trinajstić information content (AvgIpc) is 2.46. The minimum absolute atomic E-state index is 0.448. The number of carbonyl (C=O) groups excluding carboxylic acids is 1. The number of nitrogens with two attached hydrogens (primary N) is 2. The highest BCUT2D eigenvalue weighted by Gasteiger charge is 2.22. The molecule has 0 fully saturated rings. The van der Waals surface area contributed by atoms with Crippen molar-refractivity contribution in [3.63, 3.8) is 0 Å². The molecule has 2 heterocycles. The lowest BCUT2D eigenvalue weighted by atomic mass is 9.97. The Balaban J connectivity index is 2.00. The molecule has 1 aromatic heterocycles. The van der Waals surface area contributed by atoms with Gasteiger partial charge in [0.2, 0.25) is 0 Å². The monoisotopic (exact) mass is 282 g/mol. The zero-order valence-corrected chi connectivity index (χ0v) is 12.0. The molecule has 0 aliphatic carbocycles. The number of carbonyl (C=O) groups is 1. The number of anilines is 2. The third kappa shape index (κ3) is 2.42. The third-order valence-corrected chi connectivity index (χ3v) is 3.88. The highest BCUT2D eigenvalue weighted by molar-refractivity contribution is 5.97. The Morgan fingerprint density at radius 3 is 2.86 bits per heavy atom. The van der Waals surface area contributed by atoms with Gasteiger partial charge < -0.3 is 16.4 Å². The first-order valence-corrected chi connectivity index (χ1v) is 6.95. The topological polar surface area (TPSA) is 85.2 Å². The largest absolute Gasteiger partial charge is 0.398 e. The zero-order chi connectivity index (χ0) is 15.0. The number of benzene rings is 1. The second-order valence-electron chi connectivity index (χ2n) is 5.34. The summed E-state index contributed by atoms with van der Waals surface area (Å²) in [7, 11) is 0. The Morgan fingerprint density at radius 1 is 1.29 bits per heavy atom. The van der Waals surface area contributed by atoms with Crippen molar-refractivity contribution in [1.82, 2.24) is 4.98 Å². The van der Waals surface area contributed by atoms with E-state index in [1.54, 1.807) is 12.1 Å². The third-order valence-electron chi connectivity index (χ3n) is 3.88. The van der Waals surface area contributed by atoms with E-state index in [4.69, 9.17) is 11.5 Å². The molecule has 5 nitrogen and oxygen atoms in total. The number of amides is 1. The van der Waals surface area contributed by atoms with Crippen molar-refractivity contribution < 1.29 is 4.79 Å². The van der Waals surface area contributed by atoms with Crippen LogP contribution in [0.1, 0.15) is 27.2 Å². The molecule has 1 aliphatic heterocycles. The molecule has 3 rings (SSSR count). The second-order valence-corrected chi connectivity index (χ2v) is 5.34. The summed E-state index contributed by atoms with van der Waals surface area (Å²) in [5, 5.41) is 0. The number of pyridine rings is 1. The van der Waals surface area contributed by atoms with Crippen molar-refractivity contribution >= 4 is 17.4 Å². The Kier molecular flexibility index (Phi) is 3.25. The fraction of sp³-hybridized carbons (Fsp3) is 0.250. The van der Waals surface area contributed by atoms with E-state index in [-0.39, 0.29) is 0 Å². The molecule has 0 bridgehead atoms. The molecule has 0 saturated heterocycles. The summed E-state index contributed by atoms with van der Waals surface area (Å²) in [6.45, 7) is 3.37. The van der Waals surface area contributed by atoms with Crippen LogP contribution in [-0.2, 0) is 13.0 Å². The van der Waals surface area contributed by atoms with Crippen molar-refractivity contribution in [2.24, 2.45) is 5.73 Å². The molecule has 2 aromatic rings. The standard InChI is InChI=1S/C16H18N4O/c1-10-5-6-13(15(18)21)16(19-10)20-8-7-12-11(9-20)3-2-4-14(12)17/h2-6H,7-9,17H2,1H3,(H2,18,21). The van der Waals surface area contributed by atoms with Gasteiger partial charge in [-0.05, 0) is 42.7 Å². The molecule has 5 heteroatoms. The Bertz CT molecular complexity index is 711. The van der Waals surface area contributed by atoms with Gasteiger partial charge in [0.25, 0.3) is 5.91 Å². The lowest BCUT2D eigenvalue weighted by molar-refractivity contribution is 0.100. The van der Waals surface area contributed by atoms with Crippen molar-refractivity contribution in [2.75, 3.05) is 17.2 Å². The fourth-order valence-electron chi connectivity index (χ4n) is 2.80. The minimum atomic E-state index is -0.448. The van der Waals surface area contributed by atoms with Gasteiger partial charge in [0.1, 0.15) is 5.82 Å². The summed E-state index contributed by atoms with van der Waals surface area (Å²) >= 11 is 0. The first-order chi connectivity index (χ1) is 10.1. The number of fused-ring (bicyclic) bond motifs is 1. The Morgan fingerprint density at radius 2 is 2.10 bits per heavy atom. The van der Waals surface area contributed by atoms with Crippen molar-refractivity contribution in [1.29, 1.82) is 0 Å². The number of nitrogens with zero attached hydrogens (tertiary/aromatic N) is 2. The van der Waals surface area contributed by atoms with Gasteiger partial charge in [-0.3, -0.25) is 4.79 Å². The quantitative estimate of drug-likeness (QED) is 0.820. The van der Waals surface area contributed by atoms with Crippen LogP contribution >= 0.6 is 0 Å². The Hall–Kier alpha value is -2.56. The van der Waals surface area contributed by atoms with E-state index in [0.29, 0.717) is 17.9 Å². The van der Waals surface area contributed by atoms with Crippen LogP contribution in [0, 0.1) is 6.92 Å². The van der Waals surface area contributed by atoms with Gasteiger partial charge in [0.05, 0.1) is 5.56 Å². The lowest BCUT2D eigenvalue weighted by Gasteiger charge is -2.31. The van der Waals surface area contributed by atoms with Crippen LogP contribution < -0.4 is 16.4 Å². The second kappa shape index (κ2) is 5.09. The molecule has 0 unspecified atom stereocenters. The zero-order valence-electron chi connectivity index (χ0n) is 12.0. The Labute approximate surface area is 123 Å². The first-order valence-electron chi connectivity index (χ1n) is 6.95. The maximum Gasteiger partial charge on any atom is 0.252 e. The van der Waals surface area contributed by atoms with Gasteiger partial charge in [0.15, 0.2) is 0 Å². The van der Waals surface area contributed by atoms with Crippen molar-refractivity contribution in [3.8, 4) is 0 Å². The van der Waals surface area contributed by atoms with Crippen LogP contribution in [0.3, 0.4) is 0 Å². The minimum Gasteiger partial charge on any atom is -0.398 e. The molecule has 0 spiro atoms. The van der Waals surface area contributed by atoms with E-state index >= 15 is 0 Å². The molecular weight excluding hydrogens is 264 g/mol. The van der Waals surface area contributed by atoms with Crippen LogP contribution in [0.2, 0.25) is 0 Å². The molecule has 1 aliphatic rings. The highest BCUT2D eigenvalue weighted by atomic mass is 16.1. The molecule has 4 N–H and O–H groups in total. The number of hydrogen-bond donors (Lipinski definition) is 2. The number of nitrogen functional groups attached to an aromatic ring is 1. The van der Waals surface area contributed by atoms with Gasteiger partial charge in [0, 0.05) is 24.5 Å². The molecule has 0 saturated carbocycles. The summed E-state index contributed by atoms with van der Waals surface area (Å²) in [6, 6.07) is 9.50. The molecule has 108 valence electrons. The normalized spacial score (nSPS) is 13.9. The van der Waals surface area contributed by atoms with Gasteiger partial charge in [-0.15, -0.1) is 0 Å². The van der Waals surface area contributed by atoms with E-state index in [2.05, 4.69) is 16.0 Å². The maximum atomic E-state index is 11.6. The van der Waals surface area contributed by atoms with Gasteiger partial charge in [-0.25, -0.2) is 4.98 Å². The molecule has 0 radical (unpaired) electrons. The van der Waals surface area contributed by atoms with Crippen LogP contribution in [0.25, 0.3) is 0 Å². The van der Waals surface area contributed by atoms with E-state index in [1.165, 1.54) is 11.1 Å². The number of primary amides is 1. The smallest absolute Gasteiger partial charge is 0.252 e. The molecule has 1 amide bonds. The predicted octanol–water partition coefficient (Wildman–Crippen LogP) is 1.63. The summed E-state index contributed by atoms with van der Waals surface area (Å²) in [5.41, 5.74) is 16.0. The SMILES string of the molecule is Cc1ccc(C(N)=O)c(N2CCc3c(N)cccc3C2)n1. The van der Waals surface area contributed by atoms with E-state index in [1.807, 2.05) is 19.1 Å². The number of aromatic nitrogens is 1. The maximum absolute atomic E-state index is 11.6. The number of aryl methyl sites for hydroxylation is 1.